The van der Waals surface area contributed by atoms with Crippen LogP contribution in [-0.4, -0.2) is 8.42 Å². The van der Waals surface area contributed by atoms with Gasteiger partial charge in [-0.05, 0) is 63.9 Å². The van der Waals surface area contributed by atoms with Crippen LogP contribution in [0.15, 0.2) is 51.8 Å². The van der Waals surface area contributed by atoms with Crippen molar-refractivity contribution in [2.24, 2.45) is 0 Å². The lowest BCUT2D eigenvalue weighted by molar-refractivity contribution is 0.585. The van der Waals surface area contributed by atoms with Gasteiger partial charge in [0.25, 0.3) is 10.0 Å². The molecule has 0 aliphatic heterocycles. The monoisotopic (exact) mass is 493 g/mol. The van der Waals surface area contributed by atoms with Crippen molar-refractivity contribution in [2.45, 2.75) is 31.1 Å². The van der Waals surface area contributed by atoms with Crippen molar-refractivity contribution < 1.29 is 8.42 Å². The van der Waals surface area contributed by atoms with E-state index in [1.807, 2.05) is 18.2 Å². The van der Waals surface area contributed by atoms with Gasteiger partial charge in [-0.1, -0.05) is 48.8 Å². The Morgan fingerprint density at radius 1 is 1.09 bits per heavy atom. The van der Waals surface area contributed by atoms with Crippen molar-refractivity contribution >= 4 is 54.2 Å². The zero-order chi connectivity index (χ0) is 16.5. The Kier molecular flexibility index (Phi) is 5.23. The quantitative estimate of drug-likeness (QED) is 0.601. The minimum absolute atomic E-state index is 0.0996. The topological polar surface area (TPSA) is 46.2 Å². The lowest BCUT2D eigenvalue weighted by Gasteiger charge is -2.20. The molecule has 0 heterocycles. The minimum Gasteiger partial charge on any atom is -0.279 e. The van der Waals surface area contributed by atoms with Crippen LogP contribution in [0.25, 0.3) is 0 Å². The molecule has 0 atom stereocenters. The minimum atomic E-state index is -3.60. The molecule has 6 heteroatoms. The molecule has 1 N–H and O–H groups in total. The molecule has 0 spiro atoms. The third-order valence-electron chi connectivity index (χ3n) is 3.19. The molecule has 0 saturated carbocycles. The summed E-state index contributed by atoms with van der Waals surface area (Å²) in [6.45, 7) is 6.18. The Morgan fingerprint density at radius 3 is 2.36 bits per heavy atom. The molecule has 0 aliphatic rings. The van der Waals surface area contributed by atoms with E-state index in [9.17, 15) is 8.42 Å². The standard InChI is InChI=1S/C16H17BrINO2S/c1-16(2,3)11-5-4-6-13(9-11)22(20,21)19-15-8-7-12(17)10-14(15)18/h4-10,19H,1-3H3. The highest BCUT2D eigenvalue weighted by Crippen LogP contribution is 2.27. The smallest absolute Gasteiger partial charge is 0.261 e. The highest BCUT2D eigenvalue weighted by molar-refractivity contribution is 14.1. The molecule has 0 saturated heterocycles. The lowest BCUT2D eigenvalue weighted by Crippen LogP contribution is -2.16. The van der Waals surface area contributed by atoms with Crippen molar-refractivity contribution in [2.75, 3.05) is 4.72 Å². The van der Waals surface area contributed by atoms with Crippen molar-refractivity contribution in [3.05, 3.63) is 56.1 Å². The zero-order valence-electron chi connectivity index (χ0n) is 12.5. The zero-order valence-corrected chi connectivity index (χ0v) is 17.1. The maximum Gasteiger partial charge on any atom is 0.261 e. The molecule has 2 aromatic rings. The van der Waals surface area contributed by atoms with Gasteiger partial charge in [-0.2, -0.15) is 0 Å². The van der Waals surface area contributed by atoms with Crippen molar-refractivity contribution in [1.82, 2.24) is 0 Å². The summed E-state index contributed by atoms with van der Waals surface area (Å²) in [6.07, 6.45) is 0. The second kappa shape index (κ2) is 6.49. The van der Waals surface area contributed by atoms with E-state index < -0.39 is 10.0 Å². The number of hydrogen-bond donors (Lipinski definition) is 1. The van der Waals surface area contributed by atoms with Crippen LogP contribution in [-0.2, 0) is 15.4 Å². The fourth-order valence-corrected chi connectivity index (χ4v) is 4.65. The van der Waals surface area contributed by atoms with Crippen LogP contribution in [0.1, 0.15) is 26.3 Å². The van der Waals surface area contributed by atoms with Gasteiger partial charge >= 0.3 is 0 Å². The van der Waals surface area contributed by atoms with E-state index in [1.165, 1.54) is 0 Å². The average Bonchev–Trinajstić information content (AvgIpc) is 2.41. The van der Waals surface area contributed by atoms with E-state index in [1.54, 1.807) is 24.3 Å². The SMILES string of the molecule is CC(C)(C)c1cccc(S(=O)(=O)Nc2ccc(Br)cc2I)c1. The number of nitrogens with one attached hydrogen (secondary N) is 1. The van der Waals surface area contributed by atoms with Crippen LogP contribution in [0.2, 0.25) is 0 Å². The van der Waals surface area contributed by atoms with Crippen LogP contribution in [0, 0.1) is 3.57 Å². The maximum atomic E-state index is 12.6. The number of halogens is 2. The Labute approximate surface area is 153 Å². The predicted molar refractivity (Wildman–Crippen MR) is 103 cm³/mol. The highest BCUT2D eigenvalue weighted by atomic mass is 127. The van der Waals surface area contributed by atoms with Crippen LogP contribution in [0.5, 0.6) is 0 Å². The maximum absolute atomic E-state index is 12.6. The van der Waals surface area contributed by atoms with Gasteiger partial charge in [0.2, 0.25) is 0 Å². The molecule has 0 unspecified atom stereocenters. The number of rotatable bonds is 3. The van der Waals surface area contributed by atoms with Crippen molar-refractivity contribution in [1.29, 1.82) is 0 Å². The number of anilines is 1. The molecular weight excluding hydrogens is 477 g/mol. The van der Waals surface area contributed by atoms with Crippen molar-refractivity contribution in [3.63, 3.8) is 0 Å². The van der Waals surface area contributed by atoms with E-state index in [-0.39, 0.29) is 10.3 Å². The van der Waals surface area contributed by atoms with E-state index in [0.29, 0.717) is 5.69 Å². The van der Waals surface area contributed by atoms with E-state index >= 15 is 0 Å². The molecule has 0 radical (unpaired) electrons. The average molecular weight is 494 g/mol. The van der Waals surface area contributed by atoms with Crippen LogP contribution in [0.3, 0.4) is 0 Å². The molecule has 2 rings (SSSR count). The van der Waals surface area contributed by atoms with Crippen molar-refractivity contribution in [3.8, 4) is 0 Å². The first-order valence-electron chi connectivity index (χ1n) is 6.68. The first-order chi connectivity index (χ1) is 10.1. The van der Waals surface area contributed by atoms with E-state index in [0.717, 1.165) is 13.6 Å². The van der Waals surface area contributed by atoms with Gasteiger partial charge in [-0.15, -0.1) is 0 Å². The van der Waals surface area contributed by atoms with E-state index in [2.05, 4.69) is 64.0 Å². The molecule has 22 heavy (non-hydrogen) atoms. The first-order valence-corrected chi connectivity index (χ1v) is 10.0. The molecule has 0 fully saturated rings. The fraction of sp³-hybridized carbons (Fsp3) is 0.250. The molecule has 0 amide bonds. The Bertz CT molecular complexity index is 798. The van der Waals surface area contributed by atoms with Gasteiger partial charge in [0.15, 0.2) is 0 Å². The third kappa shape index (κ3) is 4.23. The molecule has 2 aromatic carbocycles. The van der Waals surface area contributed by atoms with Crippen LogP contribution in [0.4, 0.5) is 5.69 Å². The molecule has 3 nitrogen and oxygen atoms in total. The predicted octanol–water partition coefficient (Wildman–Crippen LogP) is 5.15. The lowest BCUT2D eigenvalue weighted by atomic mass is 9.87. The van der Waals surface area contributed by atoms with Gasteiger partial charge < -0.3 is 0 Å². The van der Waals surface area contributed by atoms with Gasteiger partial charge in [-0.25, -0.2) is 8.42 Å². The van der Waals surface area contributed by atoms with Gasteiger partial charge in [0.05, 0.1) is 10.6 Å². The summed E-state index contributed by atoms with van der Waals surface area (Å²) in [5.41, 5.74) is 1.46. The van der Waals surface area contributed by atoms with Gasteiger partial charge in [-0.3, -0.25) is 4.72 Å². The first kappa shape index (κ1) is 17.7. The molecule has 0 aromatic heterocycles. The second-order valence-corrected chi connectivity index (χ2v) is 9.77. The van der Waals surface area contributed by atoms with Crippen LogP contribution < -0.4 is 4.72 Å². The second-order valence-electron chi connectivity index (χ2n) is 6.01. The number of sulfonamides is 1. The Morgan fingerprint density at radius 2 is 1.77 bits per heavy atom. The largest absolute Gasteiger partial charge is 0.279 e. The highest BCUT2D eigenvalue weighted by Gasteiger charge is 2.20. The summed E-state index contributed by atoms with van der Waals surface area (Å²) in [7, 11) is -3.60. The Hall–Kier alpha value is -0.600. The molecule has 118 valence electrons. The number of benzene rings is 2. The molecular formula is C16H17BrINO2S. The summed E-state index contributed by atoms with van der Waals surface area (Å²) >= 11 is 5.48. The number of hydrogen-bond acceptors (Lipinski definition) is 2. The molecule has 0 aliphatic carbocycles. The van der Waals surface area contributed by atoms with Crippen LogP contribution >= 0.6 is 38.5 Å². The summed E-state index contributed by atoms with van der Waals surface area (Å²) in [5.74, 6) is 0. The van der Waals surface area contributed by atoms with E-state index in [4.69, 9.17) is 0 Å². The van der Waals surface area contributed by atoms with Gasteiger partial charge in [0, 0.05) is 8.04 Å². The summed E-state index contributed by atoms with van der Waals surface area (Å²) < 4.78 is 29.6. The third-order valence-corrected chi connectivity index (χ3v) is 5.93. The summed E-state index contributed by atoms with van der Waals surface area (Å²) in [4.78, 5) is 0.277. The Balaban J connectivity index is 2.39. The normalized spacial score (nSPS) is 12.2. The summed E-state index contributed by atoms with van der Waals surface area (Å²) in [6, 6.07) is 12.5. The van der Waals surface area contributed by atoms with Gasteiger partial charge in [0.1, 0.15) is 0 Å². The molecule has 0 bridgehead atoms. The fourth-order valence-electron chi connectivity index (χ4n) is 1.91. The summed E-state index contributed by atoms with van der Waals surface area (Å²) in [5, 5.41) is 0.